The van der Waals surface area contributed by atoms with Crippen LogP contribution in [0.4, 0.5) is 0 Å². The Kier molecular flexibility index (Phi) is 7.99. The highest BCUT2D eigenvalue weighted by Gasteiger charge is 2.20. The third-order valence-electron chi connectivity index (χ3n) is 3.49. The predicted molar refractivity (Wildman–Crippen MR) is 107 cm³/mol. The van der Waals surface area contributed by atoms with Gasteiger partial charge in [-0.2, -0.15) is 0 Å². The molecular formula is C21H20Cl2O4. The monoisotopic (exact) mass is 406 g/mol. The number of carboxylic acids is 1. The smallest absolute Gasteiger partial charge is 0.333 e. The number of benzene rings is 2. The highest BCUT2D eigenvalue weighted by atomic mass is 35.5. The number of hydrogen-bond donors (Lipinski definition) is 1. The van der Waals surface area contributed by atoms with E-state index in [1.807, 2.05) is 38.1 Å². The number of carbonyl (C=O) groups is 1. The zero-order valence-electron chi connectivity index (χ0n) is 15.0. The van der Waals surface area contributed by atoms with Crippen molar-refractivity contribution in [3.05, 3.63) is 63.6 Å². The summed E-state index contributed by atoms with van der Waals surface area (Å²) in [6, 6.07) is 12.4. The van der Waals surface area contributed by atoms with Crippen molar-refractivity contribution in [3.63, 3.8) is 0 Å². The number of rotatable bonds is 7. The Balaban J connectivity index is 1.99. The SMILES string of the molecule is CC(C)OC(Cc1cccc(C#CCOc2ccc(Cl)cc2Cl)c1)C(=O)O. The molecule has 1 atom stereocenters. The molecule has 27 heavy (non-hydrogen) atoms. The zero-order valence-corrected chi connectivity index (χ0v) is 16.6. The third-order valence-corrected chi connectivity index (χ3v) is 4.02. The molecule has 0 aliphatic rings. The van der Waals surface area contributed by atoms with Crippen LogP contribution in [-0.4, -0.2) is 29.9 Å². The lowest BCUT2D eigenvalue weighted by molar-refractivity contribution is -0.153. The van der Waals surface area contributed by atoms with Gasteiger partial charge in [0.15, 0.2) is 6.10 Å². The molecule has 0 fully saturated rings. The molecule has 0 aliphatic heterocycles. The van der Waals surface area contributed by atoms with Crippen LogP contribution in [0.1, 0.15) is 25.0 Å². The van der Waals surface area contributed by atoms with E-state index in [0.717, 1.165) is 11.1 Å². The summed E-state index contributed by atoms with van der Waals surface area (Å²) in [5.74, 6) is 5.45. The zero-order chi connectivity index (χ0) is 19.8. The minimum absolute atomic E-state index is 0.161. The Bertz CT molecular complexity index is 853. The Hall–Kier alpha value is -2.19. The molecule has 6 heteroatoms. The van der Waals surface area contributed by atoms with Crippen molar-refractivity contribution in [1.82, 2.24) is 0 Å². The number of halogens is 2. The Morgan fingerprint density at radius 2 is 1.96 bits per heavy atom. The van der Waals surface area contributed by atoms with E-state index < -0.39 is 12.1 Å². The van der Waals surface area contributed by atoms with E-state index in [1.54, 1.807) is 18.2 Å². The molecule has 2 rings (SSSR count). The summed E-state index contributed by atoms with van der Waals surface area (Å²) in [5, 5.41) is 10.3. The summed E-state index contributed by atoms with van der Waals surface area (Å²) < 4.78 is 11.0. The number of carboxylic acid groups (broad SMARTS) is 1. The number of ether oxygens (including phenoxy) is 2. The normalized spacial score (nSPS) is 11.6. The fourth-order valence-electron chi connectivity index (χ4n) is 2.36. The standard InChI is InChI=1S/C21H20Cl2O4/c1-14(2)27-20(21(24)25)12-16-6-3-5-15(11-16)7-4-10-26-19-9-8-17(22)13-18(19)23/h3,5-6,8-9,11,13-14,20H,10,12H2,1-2H3,(H,24,25). The summed E-state index contributed by atoms with van der Waals surface area (Å²) in [5.41, 5.74) is 1.61. The van der Waals surface area contributed by atoms with Crippen LogP contribution in [0.5, 0.6) is 5.75 Å². The highest BCUT2D eigenvalue weighted by Crippen LogP contribution is 2.27. The van der Waals surface area contributed by atoms with E-state index in [-0.39, 0.29) is 19.1 Å². The largest absolute Gasteiger partial charge is 0.479 e. The Labute approximate surface area is 169 Å². The molecule has 0 amide bonds. The summed E-state index contributed by atoms with van der Waals surface area (Å²) in [6.07, 6.45) is -0.769. The first-order valence-corrected chi connectivity index (χ1v) is 9.14. The highest BCUT2D eigenvalue weighted by molar-refractivity contribution is 6.35. The maximum atomic E-state index is 11.3. The van der Waals surface area contributed by atoms with E-state index >= 15 is 0 Å². The first kappa shape index (κ1) is 21.1. The molecule has 0 saturated carbocycles. The van der Waals surface area contributed by atoms with Crippen LogP contribution >= 0.6 is 23.2 Å². The lowest BCUT2D eigenvalue weighted by Crippen LogP contribution is -2.29. The van der Waals surface area contributed by atoms with Gasteiger partial charge in [0.25, 0.3) is 0 Å². The van der Waals surface area contributed by atoms with Crippen LogP contribution < -0.4 is 4.74 Å². The first-order valence-electron chi connectivity index (χ1n) is 8.39. The Morgan fingerprint density at radius 3 is 2.63 bits per heavy atom. The van der Waals surface area contributed by atoms with Gasteiger partial charge in [-0.25, -0.2) is 4.79 Å². The van der Waals surface area contributed by atoms with Gasteiger partial charge in [0, 0.05) is 17.0 Å². The number of hydrogen-bond acceptors (Lipinski definition) is 3. The molecule has 0 spiro atoms. The van der Waals surface area contributed by atoms with Gasteiger partial charge in [-0.05, 0) is 49.7 Å². The van der Waals surface area contributed by atoms with Crippen LogP contribution in [0.3, 0.4) is 0 Å². The number of aliphatic carboxylic acids is 1. The average molecular weight is 407 g/mol. The van der Waals surface area contributed by atoms with Crippen molar-refractivity contribution in [1.29, 1.82) is 0 Å². The van der Waals surface area contributed by atoms with Crippen molar-refractivity contribution in [2.75, 3.05) is 6.61 Å². The van der Waals surface area contributed by atoms with Gasteiger partial charge in [0.1, 0.15) is 12.4 Å². The van der Waals surface area contributed by atoms with Gasteiger partial charge in [-0.15, -0.1) is 0 Å². The maximum absolute atomic E-state index is 11.3. The second-order valence-corrected chi connectivity index (χ2v) is 6.93. The van der Waals surface area contributed by atoms with Gasteiger partial charge >= 0.3 is 5.97 Å². The lowest BCUT2D eigenvalue weighted by Gasteiger charge is -2.16. The molecule has 2 aromatic rings. The topological polar surface area (TPSA) is 55.8 Å². The maximum Gasteiger partial charge on any atom is 0.333 e. The van der Waals surface area contributed by atoms with Gasteiger partial charge < -0.3 is 14.6 Å². The molecule has 2 aromatic carbocycles. The van der Waals surface area contributed by atoms with Crippen LogP contribution in [-0.2, 0) is 16.0 Å². The van der Waals surface area contributed by atoms with Crippen LogP contribution in [0, 0.1) is 11.8 Å². The van der Waals surface area contributed by atoms with Crippen molar-refractivity contribution in [3.8, 4) is 17.6 Å². The van der Waals surface area contributed by atoms with E-state index in [1.165, 1.54) is 0 Å². The fraction of sp³-hybridized carbons (Fsp3) is 0.286. The Morgan fingerprint density at radius 1 is 1.19 bits per heavy atom. The van der Waals surface area contributed by atoms with Crippen LogP contribution in [0.25, 0.3) is 0 Å². The van der Waals surface area contributed by atoms with Crippen molar-refractivity contribution in [2.24, 2.45) is 0 Å². The second-order valence-electron chi connectivity index (χ2n) is 6.08. The quantitative estimate of drug-likeness (QED) is 0.667. The summed E-state index contributed by atoms with van der Waals surface area (Å²) in [6.45, 7) is 3.79. The van der Waals surface area contributed by atoms with Crippen LogP contribution in [0.2, 0.25) is 10.0 Å². The second kappa shape index (κ2) is 10.2. The summed E-state index contributed by atoms with van der Waals surface area (Å²) >= 11 is 11.9. The van der Waals surface area contributed by atoms with Crippen molar-refractivity contribution < 1.29 is 19.4 Å². The third kappa shape index (κ3) is 7.15. The van der Waals surface area contributed by atoms with Gasteiger partial charge in [0.05, 0.1) is 11.1 Å². The molecule has 0 aromatic heterocycles. The van der Waals surface area contributed by atoms with E-state index in [4.69, 9.17) is 32.7 Å². The molecule has 0 heterocycles. The minimum Gasteiger partial charge on any atom is -0.479 e. The average Bonchev–Trinajstić information content (AvgIpc) is 2.59. The predicted octanol–water partition coefficient (Wildman–Crippen LogP) is 4.84. The lowest BCUT2D eigenvalue weighted by atomic mass is 10.0. The molecule has 142 valence electrons. The van der Waals surface area contributed by atoms with E-state index in [0.29, 0.717) is 15.8 Å². The van der Waals surface area contributed by atoms with E-state index in [2.05, 4.69) is 11.8 Å². The first-order chi connectivity index (χ1) is 12.8. The van der Waals surface area contributed by atoms with Crippen molar-refractivity contribution >= 4 is 29.2 Å². The summed E-state index contributed by atoms with van der Waals surface area (Å²) in [4.78, 5) is 11.3. The molecule has 0 radical (unpaired) electrons. The molecular weight excluding hydrogens is 387 g/mol. The molecule has 4 nitrogen and oxygen atoms in total. The van der Waals surface area contributed by atoms with Gasteiger partial charge in [0.2, 0.25) is 0 Å². The fourth-order valence-corrected chi connectivity index (χ4v) is 2.82. The van der Waals surface area contributed by atoms with Crippen molar-refractivity contribution in [2.45, 2.75) is 32.5 Å². The minimum atomic E-state index is -0.978. The summed E-state index contributed by atoms with van der Waals surface area (Å²) in [7, 11) is 0. The van der Waals surface area contributed by atoms with Gasteiger partial charge in [-0.3, -0.25) is 0 Å². The molecule has 0 saturated heterocycles. The molecule has 1 N–H and O–H groups in total. The van der Waals surface area contributed by atoms with E-state index in [9.17, 15) is 9.90 Å². The molecule has 1 unspecified atom stereocenters. The molecule has 0 bridgehead atoms. The molecule has 0 aliphatic carbocycles. The van der Waals surface area contributed by atoms with Crippen LogP contribution in [0.15, 0.2) is 42.5 Å². The van der Waals surface area contributed by atoms with Gasteiger partial charge in [-0.1, -0.05) is 47.2 Å².